The molecule has 8 heteroatoms. The van der Waals surface area contributed by atoms with E-state index in [2.05, 4.69) is 20.6 Å². The van der Waals surface area contributed by atoms with Crippen molar-refractivity contribution in [2.45, 2.75) is 58.6 Å². The molecule has 1 aliphatic rings. The van der Waals surface area contributed by atoms with Crippen molar-refractivity contribution in [3.05, 3.63) is 64.6 Å². The van der Waals surface area contributed by atoms with E-state index in [-0.39, 0.29) is 6.04 Å². The summed E-state index contributed by atoms with van der Waals surface area (Å²) in [5.74, 6) is 1.36. The molecule has 0 saturated heterocycles. The predicted molar refractivity (Wildman–Crippen MR) is 121 cm³/mol. The number of aliphatic hydroxyl groups is 1. The molecule has 0 aliphatic carbocycles. The van der Waals surface area contributed by atoms with Crippen molar-refractivity contribution >= 4 is 11.7 Å². The van der Waals surface area contributed by atoms with Crippen molar-refractivity contribution in [1.29, 1.82) is 0 Å². The third-order valence-corrected chi connectivity index (χ3v) is 5.58. The zero-order valence-corrected chi connectivity index (χ0v) is 18.7. The van der Waals surface area contributed by atoms with Gasteiger partial charge in [0.15, 0.2) is 0 Å². The van der Waals surface area contributed by atoms with E-state index in [1.807, 2.05) is 32.9 Å². The molecular weight excluding hydrogens is 395 g/mol. The van der Waals surface area contributed by atoms with Gasteiger partial charge in [-0.15, -0.1) is 0 Å². The van der Waals surface area contributed by atoms with Crippen LogP contribution in [0.15, 0.2) is 52.8 Å². The normalized spacial score (nSPS) is 21.4. The second kappa shape index (κ2) is 8.72. The van der Waals surface area contributed by atoms with E-state index >= 15 is 0 Å². The first-order chi connectivity index (χ1) is 14.5. The summed E-state index contributed by atoms with van der Waals surface area (Å²) >= 11 is 0. The lowest BCUT2D eigenvalue weighted by Crippen LogP contribution is -2.49. The molecule has 0 saturated carbocycles. The van der Waals surface area contributed by atoms with E-state index in [4.69, 9.17) is 10.7 Å². The molecule has 7 nitrogen and oxygen atoms in total. The molecule has 2 atom stereocenters. The van der Waals surface area contributed by atoms with E-state index < -0.39 is 17.9 Å². The van der Waals surface area contributed by atoms with Crippen LogP contribution in [-0.2, 0) is 17.9 Å². The lowest BCUT2D eigenvalue weighted by atomic mass is 9.93. The van der Waals surface area contributed by atoms with Gasteiger partial charge >= 0.3 is 0 Å². The van der Waals surface area contributed by atoms with Gasteiger partial charge in [-0.2, -0.15) is 0 Å². The lowest BCUT2D eigenvalue weighted by Gasteiger charge is -2.28. The largest absolute Gasteiger partial charge is 0.384 e. The van der Waals surface area contributed by atoms with Gasteiger partial charge in [0, 0.05) is 6.04 Å². The van der Waals surface area contributed by atoms with Crippen LogP contribution in [0.25, 0.3) is 0 Å². The van der Waals surface area contributed by atoms with Gasteiger partial charge in [-0.3, -0.25) is 9.98 Å². The number of nitrogens with two attached hydrogens (primary N) is 1. The first kappa shape index (κ1) is 22.8. The quantitative estimate of drug-likeness (QED) is 0.542. The molecule has 31 heavy (non-hydrogen) atoms. The summed E-state index contributed by atoms with van der Waals surface area (Å²) in [4.78, 5) is 13.3. The number of alkyl halides is 1. The smallest absolute Gasteiger partial charge is 0.144 e. The number of halogens is 1. The van der Waals surface area contributed by atoms with Crippen LogP contribution < -0.4 is 16.4 Å². The fourth-order valence-corrected chi connectivity index (χ4v) is 3.40. The Hall–Kier alpha value is -2.84. The summed E-state index contributed by atoms with van der Waals surface area (Å²) in [6.45, 7) is 9.31. The molecule has 5 N–H and O–H groups in total. The van der Waals surface area contributed by atoms with Crippen molar-refractivity contribution in [3.63, 3.8) is 0 Å². The molecule has 2 heterocycles. The molecule has 0 spiro atoms. The van der Waals surface area contributed by atoms with Crippen molar-refractivity contribution in [2.24, 2.45) is 10.7 Å². The molecule has 0 radical (unpaired) electrons. The van der Waals surface area contributed by atoms with Crippen molar-refractivity contribution in [1.82, 2.24) is 15.3 Å². The van der Waals surface area contributed by atoms with Gasteiger partial charge in [-0.25, -0.2) is 9.37 Å². The highest BCUT2D eigenvalue weighted by molar-refractivity contribution is 6.02. The number of aromatic nitrogens is 2. The van der Waals surface area contributed by atoms with Crippen LogP contribution in [0.2, 0.25) is 0 Å². The number of amidine groups is 1. The number of nitrogens with zero attached hydrogens (tertiary/aromatic N) is 3. The van der Waals surface area contributed by atoms with Gasteiger partial charge in [-0.05, 0) is 56.9 Å². The number of hydrogen-bond acceptors (Lipinski definition) is 6. The van der Waals surface area contributed by atoms with E-state index in [0.29, 0.717) is 23.6 Å². The van der Waals surface area contributed by atoms with Crippen LogP contribution in [-0.4, -0.2) is 33.5 Å². The monoisotopic (exact) mass is 426 g/mol. The van der Waals surface area contributed by atoms with Crippen LogP contribution in [0.5, 0.6) is 0 Å². The fraction of sp³-hybridized carbons (Fsp3) is 0.435. The average Bonchev–Trinajstić information content (AvgIpc) is 2.96. The molecule has 1 aromatic carbocycles. The molecule has 0 amide bonds. The molecule has 1 aromatic heterocycles. The Bertz CT molecular complexity index is 979. The number of anilines is 1. The predicted octanol–water partition coefficient (Wildman–Crippen LogP) is 3.12. The second-order valence-corrected chi connectivity index (χ2v) is 8.59. The highest BCUT2D eigenvalue weighted by atomic mass is 19.1. The topological polar surface area (TPSA) is 108 Å². The molecular formula is C23H31FN6O. The average molecular weight is 427 g/mol. The maximum absolute atomic E-state index is 12.8. The van der Waals surface area contributed by atoms with E-state index in [1.54, 1.807) is 38.4 Å². The van der Waals surface area contributed by atoms with Crippen LogP contribution >= 0.6 is 0 Å². The van der Waals surface area contributed by atoms with E-state index in [9.17, 15) is 9.50 Å². The first-order valence-electron chi connectivity index (χ1n) is 10.3. The minimum Gasteiger partial charge on any atom is -0.384 e. The second-order valence-electron chi connectivity index (χ2n) is 8.59. The van der Waals surface area contributed by atoms with E-state index in [1.165, 1.54) is 0 Å². The Kier molecular flexibility index (Phi) is 6.43. The third-order valence-electron chi connectivity index (χ3n) is 5.58. The first-order valence-corrected chi connectivity index (χ1v) is 10.3. The summed E-state index contributed by atoms with van der Waals surface area (Å²) < 4.78 is 12.8. The number of rotatable bonds is 7. The van der Waals surface area contributed by atoms with Gasteiger partial charge in [0.05, 0.1) is 24.6 Å². The summed E-state index contributed by atoms with van der Waals surface area (Å²) in [5, 5.41) is 16.6. The molecule has 3 rings (SSSR count). The molecule has 0 fully saturated rings. The number of benzene rings is 1. The van der Waals surface area contributed by atoms with Crippen LogP contribution in [0.4, 0.5) is 10.2 Å². The maximum Gasteiger partial charge on any atom is 0.144 e. The Labute approximate surface area is 182 Å². The van der Waals surface area contributed by atoms with Gasteiger partial charge in [-0.1, -0.05) is 24.3 Å². The van der Waals surface area contributed by atoms with Crippen LogP contribution in [0.3, 0.4) is 0 Å². The minimum atomic E-state index is -1.03. The lowest BCUT2D eigenvalue weighted by molar-refractivity contribution is 0.0734. The third kappa shape index (κ3) is 4.91. The number of aliphatic imine (C=N–C) groups is 1. The highest BCUT2D eigenvalue weighted by Gasteiger charge is 2.38. The SMILES string of the molecule is CC1=C(C)[C@@](N)(c2ccc(CF)cc2)NC1=NC[C@@H](C)Nc1cnc(C(C)(C)O)cn1. The summed E-state index contributed by atoms with van der Waals surface area (Å²) in [6.07, 6.45) is 3.17. The van der Waals surface area contributed by atoms with Gasteiger partial charge < -0.3 is 21.5 Å². The number of hydrogen-bond donors (Lipinski definition) is 4. The van der Waals surface area contributed by atoms with Gasteiger partial charge in [0.2, 0.25) is 0 Å². The minimum absolute atomic E-state index is 0.00121. The molecule has 0 unspecified atom stereocenters. The molecule has 0 bridgehead atoms. The zero-order chi connectivity index (χ0) is 22.8. The molecule has 2 aromatic rings. The van der Waals surface area contributed by atoms with Crippen LogP contribution in [0.1, 0.15) is 51.4 Å². The zero-order valence-electron chi connectivity index (χ0n) is 18.7. The van der Waals surface area contributed by atoms with Gasteiger partial charge in [0.1, 0.15) is 29.6 Å². The molecule has 166 valence electrons. The van der Waals surface area contributed by atoms with Crippen molar-refractivity contribution in [2.75, 3.05) is 11.9 Å². The standard InChI is InChI=1S/C23H31FN6O/c1-14(29-20-13-26-19(12-27-20)22(4,5)31)11-28-21-15(2)16(3)23(25,30-21)18-8-6-17(10-24)7-9-18/h6-9,12-14,31H,10-11,25H2,1-5H3,(H,27,29)(H,28,30)/t14-,23+/m1/s1. The van der Waals surface area contributed by atoms with Crippen LogP contribution in [0, 0.1) is 0 Å². The Balaban J connectivity index is 1.68. The van der Waals surface area contributed by atoms with E-state index in [0.717, 1.165) is 22.5 Å². The summed E-state index contributed by atoms with van der Waals surface area (Å²) in [7, 11) is 0. The Morgan fingerprint density at radius 3 is 2.45 bits per heavy atom. The maximum atomic E-state index is 12.8. The van der Waals surface area contributed by atoms with Crippen molar-refractivity contribution in [3.8, 4) is 0 Å². The fourth-order valence-electron chi connectivity index (χ4n) is 3.40. The Morgan fingerprint density at radius 1 is 1.23 bits per heavy atom. The summed E-state index contributed by atoms with van der Waals surface area (Å²) in [5.41, 5.74) is 8.75. The Morgan fingerprint density at radius 2 is 1.90 bits per heavy atom. The molecule has 1 aliphatic heterocycles. The highest BCUT2D eigenvalue weighted by Crippen LogP contribution is 2.32. The van der Waals surface area contributed by atoms with Gasteiger partial charge in [0.25, 0.3) is 0 Å². The summed E-state index contributed by atoms with van der Waals surface area (Å²) in [6, 6.07) is 7.20. The van der Waals surface area contributed by atoms with Crippen molar-refractivity contribution < 1.29 is 9.50 Å². The number of nitrogens with one attached hydrogen (secondary N) is 2.